The summed E-state index contributed by atoms with van der Waals surface area (Å²) < 4.78 is 0. The maximum atomic E-state index is 13.5. The minimum Gasteiger partial charge on any atom is -0.480 e. The standard InChI is InChI=1S/C31H31N3O5/c35-20-31(30(38)39)26-25(28(36)34(29(26)37)18-17-32-19-23-9-5-2-6-10-23)27(33-31)24-15-13-22(14-16-24)12-11-21-7-3-1-4-8-21/h1-16,25-27,32-33,35H,17-20H2,(H,38,39). The minimum atomic E-state index is -1.94. The third-order valence-corrected chi connectivity index (χ3v) is 7.62. The van der Waals surface area contributed by atoms with E-state index < -0.39 is 47.8 Å². The smallest absolute Gasteiger partial charge is 0.327 e. The molecule has 2 aliphatic heterocycles. The number of rotatable bonds is 10. The minimum absolute atomic E-state index is 0.120. The number of carbonyl (C=O) groups is 3. The van der Waals surface area contributed by atoms with E-state index in [-0.39, 0.29) is 6.54 Å². The average molecular weight is 526 g/mol. The SMILES string of the molecule is O=C1C2C(c3ccc(C=Cc4ccccc4)cc3)NC(CO)(C(=O)O)C2C(=O)N1CCNCc1ccccc1. The Morgan fingerprint density at radius 1 is 0.897 bits per heavy atom. The quantitative estimate of drug-likeness (QED) is 0.183. The molecule has 3 aromatic carbocycles. The number of nitrogens with zero attached hydrogens (tertiary/aromatic N) is 1. The van der Waals surface area contributed by atoms with E-state index in [4.69, 9.17) is 0 Å². The van der Waals surface area contributed by atoms with Crippen LogP contribution in [0.15, 0.2) is 84.9 Å². The van der Waals surface area contributed by atoms with E-state index in [9.17, 15) is 24.6 Å². The topological polar surface area (TPSA) is 119 Å². The Bertz CT molecular complexity index is 1360. The molecule has 0 spiro atoms. The zero-order valence-electron chi connectivity index (χ0n) is 21.4. The second kappa shape index (κ2) is 11.3. The van der Waals surface area contributed by atoms with Gasteiger partial charge in [-0.25, -0.2) is 0 Å². The summed E-state index contributed by atoms with van der Waals surface area (Å²) in [6.45, 7) is 0.256. The molecule has 8 heteroatoms. The van der Waals surface area contributed by atoms with Crippen LogP contribution in [0.5, 0.6) is 0 Å². The molecule has 0 radical (unpaired) electrons. The van der Waals surface area contributed by atoms with Crippen LogP contribution in [0.2, 0.25) is 0 Å². The summed E-state index contributed by atoms with van der Waals surface area (Å²) in [5.41, 5.74) is 1.81. The number of hydrogen-bond donors (Lipinski definition) is 4. The van der Waals surface area contributed by atoms with Crippen LogP contribution in [0.1, 0.15) is 28.3 Å². The van der Waals surface area contributed by atoms with Crippen molar-refractivity contribution in [2.45, 2.75) is 18.1 Å². The summed E-state index contributed by atoms with van der Waals surface area (Å²) in [6.07, 6.45) is 3.95. The monoisotopic (exact) mass is 525 g/mol. The predicted molar refractivity (Wildman–Crippen MR) is 147 cm³/mol. The van der Waals surface area contributed by atoms with Gasteiger partial charge in [-0.3, -0.25) is 24.6 Å². The Morgan fingerprint density at radius 3 is 2.13 bits per heavy atom. The zero-order valence-corrected chi connectivity index (χ0v) is 21.4. The first kappa shape index (κ1) is 26.5. The molecule has 2 heterocycles. The Labute approximate surface area is 227 Å². The molecular formula is C31H31N3O5. The highest BCUT2D eigenvalue weighted by atomic mass is 16.4. The molecular weight excluding hydrogens is 494 g/mol. The van der Waals surface area contributed by atoms with Crippen LogP contribution in [0.3, 0.4) is 0 Å². The molecule has 4 unspecified atom stereocenters. The number of likely N-dealkylation sites (tertiary alicyclic amines) is 1. The van der Waals surface area contributed by atoms with Gasteiger partial charge >= 0.3 is 5.97 Å². The van der Waals surface area contributed by atoms with Gasteiger partial charge in [0.25, 0.3) is 0 Å². The maximum Gasteiger partial charge on any atom is 0.327 e. The lowest BCUT2D eigenvalue weighted by Gasteiger charge is -2.29. The van der Waals surface area contributed by atoms with Crippen LogP contribution in [-0.2, 0) is 20.9 Å². The van der Waals surface area contributed by atoms with E-state index in [1.54, 1.807) is 0 Å². The number of carbonyl (C=O) groups excluding carboxylic acids is 2. The molecule has 3 aromatic rings. The van der Waals surface area contributed by atoms with Crippen molar-refractivity contribution in [1.29, 1.82) is 0 Å². The Morgan fingerprint density at radius 2 is 1.51 bits per heavy atom. The van der Waals surface area contributed by atoms with Crippen molar-refractivity contribution in [3.05, 3.63) is 107 Å². The number of aliphatic hydroxyl groups excluding tert-OH is 1. The second-order valence-corrected chi connectivity index (χ2v) is 9.96. The number of aliphatic hydroxyl groups is 1. The van der Waals surface area contributed by atoms with E-state index >= 15 is 0 Å². The molecule has 2 fully saturated rings. The van der Waals surface area contributed by atoms with Crippen molar-refractivity contribution in [2.24, 2.45) is 11.8 Å². The number of carboxylic acid groups (broad SMARTS) is 1. The number of aliphatic carboxylic acids is 1. The van der Waals surface area contributed by atoms with Gasteiger partial charge in [-0.1, -0.05) is 97.1 Å². The molecule has 0 aromatic heterocycles. The first-order valence-electron chi connectivity index (χ1n) is 13.0. The molecule has 200 valence electrons. The zero-order chi connectivity index (χ0) is 27.4. The van der Waals surface area contributed by atoms with E-state index in [1.807, 2.05) is 97.1 Å². The van der Waals surface area contributed by atoms with Crippen molar-refractivity contribution in [2.75, 3.05) is 19.7 Å². The van der Waals surface area contributed by atoms with Crippen molar-refractivity contribution in [1.82, 2.24) is 15.5 Å². The van der Waals surface area contributed by atoms with Crippen LogP contribution in [-0.4, -0.2) is 58.1 Å². The normalized spacial score (nSPS) is 24.4. The highest BCUT2D eigenvalue weighted by Crippen LogP contribution is 2.48. The molecule has 8 nitrogen and oxygen atoms in total. The van der Waals surface area contributed by atoms with E-state index in [2.05, 4.69) is 10.6 Å². The Balaban J connectivity index is 1.34. The van der Waals surface area contributed by atoms with E-state index in [0.717, 1.165) is 21.6 Å². The van der Waals surface area contributed by atoms with Crippen molar-refractivity contribution < 1.29 is 24.6 Å². The molecule has 2 saturated heterocycles. The van der Waals surface area contributed by atoms with Gasteiger partial charge < -0.3 is 15.5 Å². The van der Waals surface area contributed by atoms with Gasteiger partial charge in [-0.15, -0.1) is 0 Å². The maximum absolute atomic E-state index is 13.5. The third-order valence-electron chi connectivity index (χ3n) is 7.62. The molecule has 39 heavy (non-hydrogen) atoms. The van der Waals surface area contributed by atoms with Crippen LogP contribution < -0.4 is 10.6 Å². The lowest BCUT2D eigenvalue weighted by Crippen LogP contribution is -2.58. The van der Waals surface area contributed by atoms with E-state index in [1.165, 1.54) is 0 Å². The van der Waals surface area contributed by atoms with Gasteiger partial charge in [0.05, 0.1) is 18.4 Å². The average Bonchev–Trinajstić information content (AvgIpc) is 3.45. The summed E-state index contributed by atoms with van der Waals surface area (Å²) in [4.78, 5) is 40.5. The number of benzene rings is 3. The van der Waals surface area contributed by atoms with Gasteiger partial charge in [0.15, 0.2) is 5.54 Å². The number of imide groups is 1. The van der Waals surface area contributed by atoms with Crippen molar-refractivity contribution in [3.8, 4) is 0 Å². The molecule has 0 aliphatic carbocycles. The fourth-order valence-corrected chi connectivity index (χ4v) is 5.57. The fraction of sp³-hybridized carbons (Fsp3) is 0.258. The van der Waals surface area contributed by atoms with Crippen molar-refractivity contribution in [3.63, 3.8) is 0 Å². The third kappa shape index (κ3) is 5.14. The summed E-state index contributed by atoms with van der Waals surface area (Å²) in [5, 5.41) is 26.5. The number of nitrogens with one attached hydrogen (secondary N) is 2. The highest BCUT2D eigenvalue weighted by Gasteiger charge is 2.68. The number of amides is 2. The largest absolute Gasteiger partial charge is 0.480 e. The molecule has 2 aliphatic rings. The fourth-order valence-electron chi connectivity index (χ4n) is 5.57. The van der Waals surface area contributed by atoms with Gasteiger partial charge in [-0.2, -0.15) is 0 Å². The summed E-state index contributed by atoms with van der Waals surface area (Å²) in [7, 11) is 0. The first-order valence-corrected chi connectivity index (χ1v) is 13.0. The Kier molecular flexibility index (Phi) is 7.70. The Hall–Kier alpha value is -4.11. The van der Waals surface area contributed by atoms with Crippen LogP contribution in [0.4, 0.5) is 0 Å². The first-order chi connectivity index (χ1) is 18.9. The predicted octanol–water partition coefficient (Wildman–Crippen LogP) is 2.71. The number of fused-ring (bicyclic) bond motifs is 1. The summed E-state index contributed by atoms with van der Waals surface area (Å²) >= 11 is 0. The molecule has 2 amide bonds. The molecule has 5 rings (SSSR count). The van der Waals surface area contributed by atoms with Crippen molar-refractivity contribution >= 4 is 29.9 Å². The van der Waals surface area contributed by atoms with Gasteiger partial charge in [0, 0.05) is 25.7 Å². The highest BCUT2D eigenvalue weighted by molar-refractivity contribution is 6.09. The molecule has 0 saturated carbocycles. The second-order valence-electron chi connectivity index (χ2n) is 9.96. The van der Waals surface area contributed by atoms with Gasteiger partial charge in [0.2, 0.25) is 11.8 Å². The van der Waals surface area contributed by atoms with E-state index in [0.29, 0.717) is 18.7 Å². The number of hydrogen-bond acceptors (Lipinski definition) is 6. The molecule has 0 bridgehead atoms. The molecule has 4 N–H and O–H groups in total. The van der Waals surface area contributed by atoms with Gasteiger partial charge in [0.1, 0.15) is 0 Å². The number of carboxylic acids is 1. The molecule has 4 atom stereocenters. The lowest BCUT2D eigenvalue weighted by molar-refractivity contribution is -0.153. The van der Waals surface area contributed by atoms with Gasteiger partial charge in [-0.05, 0) is 22.3 Å². The lowest BCUT2D eigenvalue weighted by atomic mass is 9.79. The summed E-state index contributed by atoms with van der Waals surface area (Å²) in [5.74, 6) is -4.48. The summed E-state index contributed by atoms with van der Waals surface area (Å²) in [6, 6.07) is 26.3. The van der Waals surface area contributed by atoms with Crippen LogP contribution in [0.25, 0.3) is 12.2 Å². The van der Waals surface area contributed by atoms with Crippen LogP contribution >= 0.6 is 0 Å². The van der Waals surface area contributed by atoms with Crippen LogP contribution in [0, 0.1) is 11.8 Å².